The summed E-state index contributed by atoms with van der Waals surface area (Å²) >= 11 is 0. The van der Waals surface area contributed by atoms with Crippen molar-refractivity contribution < 1.29 is 9.47 Å². The highest BCUT2D eigenvalue weighted by Gasteiger charge is 2.12. The van der Waals surface area contributed by atoms with Gasteiger partial charge in [-0.1, -0.05) is 35.9 Å². The molecular formula is C17H22N2O2. The number of aryl methyl sites for hydroxylation is 1. The summed E-state index contributed by atoms with van der Waals surface area (Å²) in [4.78, 5) is 0. The molecule has 2 aromatic rings. The lowest BCUT2D eigenvalue weighted by molar-refractivity contribution is 0.354. The molecule has 112 valence electrons. The summed E-state index contributed by atoms with van der Waals surface area (Å²) in [6.45, 7) is 2.07. The van der Waals surface area contributed by atoms with Gasteiger partial charge in [-0.25, -0.2) is 0 Å². The topological polar surface area (TPSA) is 56.5 Å². The second-order valence-electron chi connectivity index (χ2n) is 5.02. The van der Waals surface area contributed by atoms with E-state index in [1.807, 2.05) is 18.2 Å². The van der Waals surface area contributed by atoms with Gasteiger partial charge < -0.3 is 9.47 Å². The maximum atomic E-state index is 5.71. The zero-order chi connectivity index (χ0) is 15.2. The summed E-state index contributed by atoms with van der Waals surface area (Å²) in [5, 5.41) is 0. The van der Waals surface area contributed by atoms with Gasteiger partial charge in [0, 0.05) is 6.04 Å². The van der Waals surface area contributed by atoms with Crippen molar-refractivity contribution in [3.8, 4) is 11.5 Å². The van der Waals surface area contributed by atoms with Crippen LogP contribution in [0.4, 0.5) is 0 Å². The zero-order valence-electron chi connectivity index (χ0n) is 12.7. The molecule has 0 heterocycles. The minimum atomic E-state index is 0.0590. The molecule has 0 aromatic heterocycles. The minimum absolute atomic E-state index is 0.0590. The molecular weight excluding hydrogens is 264 g/mol. The molecule has 0 radical (unpaired) electrons. The lowest BCUT2D eigenvalue weighted by Crippen LogP contribution is -2.29. The molecule has 2 aromatic carbocycles. The van der Waals surface area contributed by atoms with E-state index in [9.17, 15) is 0 Å². The Kier molecular flexibility index (Phi) is 5.20. The average molecular weight is 286 g/mol. The molecule has 4 nitrogen and oxygen atoms in total. The lowest BCUT2D eigenvalue weighted by Gasteiger charge is -2.17. The number of methoxy groups -OCH3 is 2. The minimum Gasteiger partial charge on any atom is -0.493 e. The Bertz CT molecular complexity index is 582. The van der Waals surface area contributed by atoms with Crippen molar-refractivity contribution >= 4 is 0 Å². The Morgan fingerprint density at radius 3 is 2.24 bits per heavy atom. The van der Waals surface area contributed by atoms with E-state index < -0.39 is 0 Å². The number of nitrogens with two attached hydrogens (primary N) is 1. The van der Waals surface area contributed by atoms with E-state index >= 15 is 0 Å². The molecule has 0 bridgehead atoms. The maximum absolute atomic E-state index is 5.71. The highest BCUT2D eigenvalue weighted by Crippen LogP contribution is 2.29. The third-order valence-electron chi connectivity index (χ3n) is 3.57. The highest BCUT2D eigenvalue weighted by atomic mass is 16.5. The van der Waals surface area contributed by atoms with E-state index in [0.29, 0.717) is 0 Å². The second kappa shape index (κ2) is 7.11. The molecule has 4 heteroatoms. The summed E-state index contributed by atoms with van der Waals surface area (Å²) < 4.78 is 10.6. The normalized spacial score (nSPS) is 12.0. The smallest absolute Gasteiger partial charge is 0.160 e. The molecule has 0 saturated carbocycles. The second-order valence-corrected chi connectivity index (χ2v) is 5.02. The number of ether oxygens (including phenoxy) is 2. The van der Waals surface area contributed by atoms with Crippen LogP contribution in [0.2, 0.25) is 0 Å². The zero-order valence-corrected chi connectivity index (χ0v) is 12.7. The van der Waals surface area contributed by atoms with Crippen molar-refractivity contribution in [2.24, 2.45) is 5.84 Å². The predicted octanol–water partition coefficient (Wildman–Crippen LogP) is 2.76. The molecule has 21 heavy (non-hydrogen) atoms. The monoisotopic (exact) mass is 286 g/mol. The summed E-state index contributed by atoms with van der Waals surface area (Å²) in [6.07, 6.45) is 0.778. The number of hydrogen-bond acceptors (Lipinski definition) is 4. The average Bonchev–Trinajstić information content (AvgIpc) is 2.53. The van der Waals surface area contributed by atoms with Crippen LogP contribution in [-0.2, 0) is 6.42 Å². The van der Waals surface area contributed by atoms with E-state index in [1.54, 1.807) is 14.2 Å². The van der Waals surface area contributed by atoms with Gasteiger partial charge in [0.15, 0.2) is 11.5 Å². The number of hydrazine groups is 1. The van der Waals surface area contributed by atoms with Gasteiger partial charge >= 0.3 is 0 Å². The summed E-state index contributed by atoms with van der Waals surface area (Å²) in [6, 6.07) is 14.4. The van der Waals surface area contributed by atoms with Crippen molar-refractivity contribution in [3.05, 3.63) is 59.2 Å². The van der Waals surface area contributed by atoms with Gasteiger partial charge in [0.1, 0.15) is 0 Å². The van der Waals surface area contributed by atoms with Crippen molar-refractivity contribution in [3.63, 3.8) is 0 Å². The molecule has 2 rings (SSSR count). The van der Waals surface area contributed by atoms with Gasteiger partial charge in [0.05, 0.1) is 14.2 Å². The van der Waals surface area contributed by atoms with Gasteiger partial charge in [-0.3, -0.25) is 11.3 Å². The van der Waals surface area contributed by atoms with Crippen LogP contribution in [0.3, 0.4) is 0 Å². The van der Waals surface area contributed by atoms with E-state index in [0.717, 1.165) is 29.0 Å². The molecule has 1 atom stereocenters. The third-order valence-corrected chi connectivity index (χ3v) is 3.57. The van der Waals surface area contributed by atoms with Gasteiger partial charge in [0.2, 0.25) is 0 Å². The Morgan fingerprint density at radius 2 is 1.67 bits per heavy atom. The maximum Gasteiger partial charge on any atom is 0.160 e. The number of hydrogen-bond donors (Lipinski definition) is 2. The molecule has 0 aliphatic carbocycles. The molecule has 1 unspecified atom stereocenters. The fraction of sp³-hybridized carbons (Fsp3) is 0.294. The van der Waals surface area contributed by atoms with Crippen LogP contribution in [0.15, 0.2) is 42.5 Å². The van der Waals surface area contributed by atoms with E-state index in [2.05, 4.69) is 36.6 Å². The van der Waals surface area contributed by atoms with Crippen LogP contribution in [-0.4, -0.2) is 14.2 Å². The summed E-state index contributed by atoms with van der Waals surface area (Å²) in [5.41, 5.74) is 6.42. The number of benzene rings is 2. The Morgan fingerprint density at radius 1 is 1.00 bits per heavy atom. The van der Waals surface area contributed by atoms with Crippen LogP contribution in [0, 0.1) is 6.92 Å². The van der Waals surface area contributed by atoms with Gasteiger partial charge in [-0.05, 0) is 36.6 Å². The highest BCUT2D eigenvalue weighted by molar-refractivity contribution is 5.43. The first-order chi connectivity index (χ1) is 10.2. The van der Waals surface area contributed by atoms with Crippen molar-refractivity contribution in [2.45, 2.75) is 19.4 Å². The first-order valence-electron chi connectivity index (χ1n) is 6.91. The quantitative estimate of drug-likeness (QED) is 0.633. The summed E-state index contributed by atoms with van der Waals surface area (Å²) in [7, 11) is 3.27. The molecule has 0 spiro atoms. The van der Waals surface area contributed by atoms with Gasteiger partial charge in [-0.2, -0.15) is 0 Å². The molecule has 0 amide bonds. The molecule has 0 saturated heterocycles. The Balaban J connectivity index is 2.20. The number of nitrogens with one attached hydrogen (secondary N) is 1. The first kappa shape index (κ1) is 15.4. The standard InChI is InChI=1S/C17H22N2O2/c1-12-4-7-14(8-5-12)15(19-18)10-13-6-9-16(20-2)17(11-13)21-3/h4-9,11,15,19H,10,18H2,1-3H3. The van der Waals surface area contributed by atoms with Gasteiger partial charge in [0.25, 0.3) is 0 Å². The largest absolute Gasteiger partial charge is 0.493 e. The molecule has 0 aliphatic rings. The fourth-order valence-electron chi connectivity index (χ4n) is 2.32. The van der Waals surface area contributed by atoms with E-state index in [1.165, 1.54) is 5.56 Å². The van der Waals surface area contributed by atoms with E-state index in [-0.39, 0.29) is 6.04 Å². The summed E-state index contributed by atoms with van der Waals surface area (Å²) in [5.74, 6) is 7.17. The van der Waals surface area contributed by atoms with Crippen molar-refractivity contribution in [2.75, 3.05) is 14.2 Å². The van der Waals surface area contributed by atoms with E-state index in [4.69, 9.17) is 15.3 Å². The van der Waals surface area contributed by atoms with Crippen molar-refractivity contribution in [1.29, 1.82) is 0 Å². The van der Waals surface area contributed by atoms with Crippen LogP contribution in [0.5, 0.6) is 11.5 Å². The van der Waals surface area contributed by atoms with Crippen LogP contribution < -0.4 is 20.7 Å². The van der Waals surface area contributed by atoms with Crippen LogP contribution >= 0.6 is 0 Å². The van der Waals surface area contributed by atoms with Gasteiger partial charge in [-0.15, -0.1) is 0 Å². The fourth-order valence-corrected chi connectivity index (χ4v) is 2.32. The lowest BCUT2D eigenvalue weighted by atomic mass is 9.98. The molecule has 0 aliphatic heterocycles. The van der Waals surface area contributed by atoms with Crippen LogP contribution in [0.1, 0.15) is 22.7 Å². The molecule has 0 fully saturated rings. The Hall–Kier alpha value is -2.04. The first-order valence-corrected chi connectivity index (χ1v) is 6.91. The third kappa shape index (κ3) is 3.74. The van der Waals surface area contributed by atoms with Crippen molar-refractivity contribution in [1.82, 2.24) is 5.43 Å². The molecule has 3 N–H and O–H groups in total. The SMILES string of the molecule is COc1ccc(CC(NN)c2ccc(C)cc2)cc1OC. The Labute approximate surface area is 125 Å². The predicted molar refractivity (Wildman–Crippen MR) is 84.5 cm³/mol. The van der Waals surface area contributed by atoms with Crippen LogP contribution in [0.25, 0.3) is 0 Å². The number of rotatable bonds is 6.